The molecule has 1 aromatic carbocycles. The maximum absolute atomic E-state index is 5.22. The molecule has 0 aliphatic rings. The molecule has 0 saturated carbocycles. The Labute approximate surface area is 92.7 Å². The summed E-state index contributed by atoms with van der Waals surface area (Å²) >= 11 is 0. The van der Waals surface area contributed by atoms with Crippen molar-refractivity contribution in [2.45, 2.75) is 0 Å². The molecule has 3 aromatic rings. The minimum atomic E-state index is 0.739. The van der Waals surface area contributed by atoms with Gasteiger partial charge in [0.15, 0.2) is 5.88 Å². The van der Waals surface area contributed by atoms with Crippen LogP contribution in [0.1, 0.15) is 0 Å². The summed E-state index contributed by atoms with van der Waals surface area (Å²) in [6.07, 6.45) is 3.44. The maximum Gasteiger partial charge on any atom is 0.196 e. The summed E-state index contributed by atoms with van der Waals surface area (Å²) in [5.74, 6) is 0.739. The van der Waals surface area contributed by atoms with Crippen LogP contribution in [0.15, 0.2) is 59.3 Å². The molecule has 16 heavy (non-hydrogen) atoms. The quantitative estimate of drug-likeness (QED) is 0.702. The van der Waals surface area contributed by atoms with Crippen molar-refractivity contribution < 1.29 is 4.42 Å². The van der Waals surface area contributed by atoms with Crippen molar-refractivity contribution in [2.24, 2.45) is 0 Å². The van der Waals surface area contributed by atoms with Crippen LogP contribution in [0.25, 0.3) is 10.9 Å². The molecule has 0 aliphatic heterocycles. The van der Waals surface area contributed by atoms with E-state index in [9.17, 15) is 0 Å². The van der Waals surface area contributed by atoms with E-state index < -0.39 is 0 Å². The number of nitrogens with one attached hydrogen (secondary N) is 1. The lowest BCUT2D eigenvalue weighted by Crippen LogP contribution is -1.88. The zero-order valence-electron chi connectivity index (χ0n) is 8.55. The van der Waals surface area contributed by atoms with E-state index in [4.69, 9.17) is 4.42 Å². The van der Waals surface area contributed by atoms with Gasteiger partial charge in [-0.05, 0) is 30.3 Å². The van der Waals surface area contributed by atoms with Gasteiger partial charge in [0.2, 0.25) is 0 Å². The van der Waals surface area contributed by atoms with E-state index in [1.807, 2.05) is 42.5 Å². The Bertz CT molecular complexity index is 602. The summed E-state index contributed by atoms with van der Waals surface area (Å²) in [6.45, 7) is 0. The molecule has 0 atom stereocenters. The molecular weight excluding hydrogens is 200 g/mol. The van der Waals surface area contributed by atoms with Gasteiger partial charge in [0.05, 0.1) is 11.8 Å². The number of aromatic nitrogens is 1. The first-order valence-corrected chi connectivity index (χ1v) is 5.07. The van der Waals surface area contributed by atoms with Gasteiger partial charge in [0.1, 0.15) is 0 Å². The standard InChI is InChI=1S/C13H10N2O/c1-3-10-9-11(5-6-12(10)14-7-1)15-13-4-2-8-16-13/h1-9,15H. The Hall–Kier alpha value is -2.29. The van der Waals surface area contributed by atoms with E-state index in [1.54, 1.807) is 12.5 Å². The Morgan fingerprint density at radius 1 is 1.06 bits per heavy atom. The largest absolute Gasteiger partial charge is 0.449 e. The molecule has 3 heteroatoms. The van der Waals surface area contributed by atoms with Gasteiger partial charge in [-0.25, -0.2) is 0 Å². The highest BCUT2D eigenvalue weighted by Crippen LogP contribution is 2.21. The summed E-state index contributed by atoms with van der Waals surface area (Å²) in [5.41, 5.74) is 1.99. The normalized spacial score (nSPS) is 10.5. The molecule has 0 aliphatic carbocycles. The summed E-state index contributed by atoms with van der Waals surface area (Å²) in [5, 5.41) is 4.29. The first-order valence-electron chi connectivity index (χ1n) is 5.07. The third kappa shape index (κ3) is 1.63. The number of fused-ring (bicyclic) bond motifs is 1. The van der Waals surface area contributed by atoms with Gasteiger partial charge in [-0.15, -0.1) is 0 Å². The number of benzene rings is 1. The van der Waals surface area contributed by atoms with Crippen molar-refractivity contribution in [3.63, 3.8) is 0 Å². The summed E-state index contributed by atoms with van der Waals surface area (Å²) < 4.78 is 5.22. The second-order valence-corrected chi connectivity index (χ2v) is 3.51. The Morgan fingerprint density at radius 2 is 2.06 bits per heavy atom. The van der Waals surface area contributed by atoms with Crippen molar-refractivity contribution in [3.8, 4) is 0 Å². The van der Waals surface area contributed by atoms with E-state index in [1.165, 1.54) is 0 Å². The smallest absolute Gasteiger partial charge is 0.196 e. The third-order valence-corrected chi connectivity index (χ3v) is 2.39. The average Bonchev–Trinajstić information content (AvgIpc) is 2.82. The fourth-order valence-corrected chi connectivity index (χ4v) is 1.65. The molecule has 0 spiro atoms. The number of pyridine rings is 1. The minimum Gasteiger partial charge on any atom is -0.449 e. The molecule has 2 aromatic heterocycles. The first-order chi connectivity index (χ1) is 7.92. The molecule has 1 N–H and O–H groups in total. The zero-order chi connectivity index (χ0) is 10.8. The van der Waals surface area contributed by atoms with Crippen LogP contribution in [0, 0.1) is 0 Å². The van der Waals surface area contributed by atoms with Crippen LogP contribution in [0.5, 0.6) is 0 Å². The van der Waals surface area contributed by atoms with Gasteiger partial charge < -0.3 is 9.73 Å². The molecule has 0 fully saturated rings. The SMILES string of the molecule is c1coc(Nc2ccc3ncccc3c2)c1. The highest BCUT2D eigenvalue weighted by molar-refractivity contribution is 5.82. The predicted molar refractivity (Wildman–Crippen MR) is 63.7 cm³/mol. The molecule has 0 radical (unpaired) electrons. The maximum atomic E-state index is 5.22. The minimum absolute atomic E-state index is 0.739. The monoisotopic (exact) mass is 210 g/mol. The van der Waals surface area contributed by atoms with Crippen LogP contribution in [-0.2, 0) is 0 Å². The first kappa shape index (κ1) is 8.97. The highest BCUT2D eigenvalue weighted by atomic mass is 16.3. The van der Waals surface area contributed by atoms with Gasteiger partial charge in [0, 0.05) is 23.3 Å². The lowest BCUT2D eigenvalue weighted by Gasteiger charge is -2.03. The molecule has 2 heterocycles. The molecular formula is C13H10N2O. The lowest BCUT2D eigenvalue weighted by atomic mass is 10.2. The number of rotatable bonds is 2. The van der Waals surface area contributed by atoms with Gasteiger partial charge in [-0.2, -0.15) is 0 Å². The fraction of sp³-hybridized carbons (Fsp3) is 0. The molecule has 0 unspecified atom stereocenters. The highest BCUT2D eigenvalue weighted by Gasteiger charge is 1.98. The summed E-state index contributed by atoms with van der Waals surface area (Å²) in [7, 11) is 0. The molecule has 0 saturated heterocycles. The molecule has 3 rings (SSSR count). The number of furan rings is 1. The average molecular weight is 210 g/mol. The molecule has 0 amide bonds. The Morgan fingerprint density at radius 3 is 2.94 bits per heavy atom. The van der Waals surface area contributed by atoms with E-state index >= 15 is 0 Å². The van der Waals surface area contributed by atoms with E-state index in [0.29, 0.717) is 0 Å². The number of nitrogens with zero attached hydrogens (tertiary/aromatic N) is 1. The van der Waals surface area contributed by atoms with E-state index in [0.717, 1.165) is 22.5 Å². The van der Waals surface area contributed by atoms with Crippen LogP contribution in [0.3, 0.4) is 0 Å². The lowest BCUT2D eigenvalue weighted by molar-refractivity contribution is 0.585. The van der Waals surface area contributed by atoms with E-state index in [2.05, 4.69) is 10.3 Å². The number of hydrogen-bond donors (Lipinski definition) is 1. The zero-order valence-corrected chi connectivity index (χ0v) is 8.55. The van der Waals surface area contributed by atoms with Crippen LogP contribution in [0.2, 0.25) is 0 Å². The fourth-order valence-electron chi connectivity index (χ4n) is 1.65. The second-order valence-electron chi connectivity index (χ2n) is 3.51. The Balaban J connectivity index is 1.99. The van der Waals surface area contributed by atoms with E-state index in [-0.39, 0.29) is 0 Å². The second kappa shape index (κ2) is 3.70. The summed E-state index contributed by atoms with van der Waals surface area (Å²) in [6, 6.07) is 13.7. The van der Waals surface area contributed by atoms with Crippen LogP contribution >= 0.6 is 0 Å². The van der Waals surface area contributed by atoms with Crippen LogP contribution < -0.4 is 5.32 Å². The van der Waals surface area contributed by atoms with Crippen LogP contribution in [-0.4, -0.2) is 4.98 Å². The van der Waals surface area contributed by atoms with Crippen LogP contribution in [0.4, 0.5) is 11.6 Å². The van der Waals surface area contributed by atoms with Gasteiger partial charge in [-0.3, -0.25) is 4.98 Å². The molecule has 0 bridgehead atoms. The van der Waals surface area contributed by atoms with Crippen molar-refractivity contribution in [2.75, 3.05) is 5.32 Å². The molecule has 78 valence electrons. The van der Waals surface area contributed by atoms with Gasteiger partial charge in [0.25, 0.3) is 0 Å². The van der Waals surface area contributed by atoms with Gasteiger partial charge >= 0.3 is 0 Å². The van der Waals surface area contributed by atoms with Crippen molar-refractivity contribution >= 4 is 22.5 Å². The Kier molecular flexibility index (Phi) is 2.07. The third-order valence-electron chi connectivity index (χ3n) is 2.39. The van der Waals surface area contributed by atoms with Crippen molar-refractivity contribution in [1.82, 2.24) is 4.98 Å². The molecule has 3 nitrogen and oxygen atoms in total. The predicted octanol–water partition coefficient (Wildman–Crippen LogP) is 3.57. The van der Waals surface area contributed by atoms with Crippen molar-refractivity contribution in [1.29, 1.82) is 0 Å². The van der Waals surface area contributed by atoms with Crippen molar-refractivity contribution in [3.05, 3.63) is 54.9 Å². The number of hydrogen-bond acceptors (Lipinski definition) is 3. The van der Waals surface area contributed by atoms with Gasteiger partial charge in [-0.1, -0.05) is 6.07 Å². The number of anilines is 2. The topological polar surface area (TPSA) is 38.1 Å². The summed E-state index contributed by atoms with van der Waals surface area (Å²) in [4.78, 5) is 4.27.